The van der Waals surface area contributed by atoms with Gasteiger partial charge >= 0.3 is 5.88 Å². The molecule has 144 valence electrons. The molecule has 2 aromatic heterocycles. The summed E-state index contributed by atoms with van der Waals surface area (Å²) >= 11 is 18.1. The standard InChI is InChI=1S/C17H11Cl3N4O4/c18-11-2-1-10(13(19)7-11)8-23-9-14(20)17(22-23)21-15(25)5-3-12-4-6-16(28-12)24(26)27/h1-7,9H,8H2,(H,21,22,25)/b5-3+. The molecular weight excluding hydrogens is 431 g/mol. The number of anilines is 1. The first kappa shape index (κ1) is 19.9. The lowest BCUT2D eigenvalue weighted by atomic mass is 10.2. The Kier molecular flexibility index (Phi) is 6.03. The number of aromatic nitrogens is 2. The monoisotopic (exact) mass is 440 g/mol. The average Bonchev–Trinajstić information content (AvgIpc) is 3.23. The molecule has 0 radical (unpaired) electrons. The number of hydrogen-bond acceptors (Lipinski definition) is 5. The van der Waals surface area contributed by atoms with E-state index in [0.29, 0.717) is 16.6 Å². The molecule has 2 heterocycles. The van der Waals surface area contributed by atoms with Gasteiger partial charge in [-0.25, -0.2) is 0 Å². The number of benzene rings is 1. The maximum absolute atomic E-state index is 12.0. The minimum atomic E-state index is -0.670. The second-order valence-corrected chi connectivity index (χ2v) is 6.77. The number of nitrogens with one attached hydrogen (secondary N) is 1. The van der Waals surface area contributed by atoms with E-state index >= 15 is 0 Å². The maximum Gasteiger partial charge on any atom is 0.433 e. The van der Waals surface area contributed by atoms with Crippen LogP contribution >= 0.6 is 34.8 Å². The Labute approximate surface area is 173 Å². The number of halogens is 3. The van der Waals surface area contributed by atoms with Crippen molar-refractivity contribution in [3.63, 3.8) is 0 Å². The third kappa shape index (κ3) is 4.92. The Hall–Kier alpha value is -2.81. The van der Waals surface area contributed by atoms with Gasteiger partial charge in [-0.2, -0.15) is 5.10 Å². The van der Waals surface area contributed by atoms with Crippen LogP contribution in [-0.2, 0) is 11.3 Å². The normalized spacial score (nSPS) is 11.1. The molecule has 0 aliphatic heterocycles. The highest BCUT2D eigenvalue weighted by molar-refractivity contribution is 6.35. The van der Waals surface area contributed by atoms with Crippen LogP contribution in [0.25, 0.3) is 6.08 Å². The molecule has 0 bridgehead atoms. The second-order valence-electron chi connectivity index (χ2n) is 5.51. The summed E-state index contributed by atoms with van der Waals surface area (Å²) in [6, 6.07) is 7.66. The molecule has 0 atom stereocenters. The molecule has 1 amide bonds. The Balaban J connectivity index is 1.66. The molecule has 1 aromatic carbocycles. The highest BCUT2D eigenvalue weighted by atomic mass is 35.5. The van der Waals surface area contributed by atoms with Crippen LogP contribution in [0.15, 0.2) is 47.0 Å². The fourth-order valence-electron chi connectivity index (χ4n) is 2.23. The summed E-state index contributed by atoms with van der Waals surface area (Å²) in [6.45, 7) is 0.331. The zero-order valence-electron chi connectivity index (χ0n) is 13.9. The van der Waals surface area contributed by atoms with E-state index in [4.69, 9.17) is 39.2 Å². The van der Waals surface area contributed by atoms with E-state index in [9.17, 15) is 14.9 Å². The van der Waals surface area contributed by atoms with Crippen LogP contribution in [0.3, 0.4) is 0 Å². The van der Waals surface area contributed by atoms with Crippen molar-refractivity contribution in [1.82, 2.24) is 9.78 Å². The average molecular weight is 442 g/mol. The van der Waals surface area contributed by atoms with Crippen molar-refractivity contribution in [1.29, 1.82) is 0 Å². The van der Waals surface area contributed by atoms with E-state index in [1.54, 1.807) is 24.4 Å². The Bertz CT molecular complexity index is 1070. The number of nitro groups is 1. The Morgan fingerprint density at radius 1 is 1.25 bits per heavy atom. The third-order valence-electron chi connectivity index (χ3n) is 3.50. The molecule has 0 saturated heterocycles. The molecule has 0 fully saturated rings. The van der Waals surface area contributed by atoms with Crippen LogP contribution in [-0.4, -0.2) is 20.6 Å². The van der Waals surface area contributed by atoms with Crippen molar-refractivity contribution < 1.29 is 14.1 Å². The van der Waals surface area contributed by atoms with Crippen molar-refractivity contribution in [3.05, 3.63) is 79.1 Å². The number of hydrogen-bond donors (Lipinski definition) is 1. The third-order valence-corrected chi connectivity index (χ3v) is 4.36. The number of carbonyl (C=O) groups excluding carboxylic acids is 1. The lowest BCUT2D eigenvalue weighted by molar-refractivity contribution is -0.402. The number of rotatable bonds is 6. The fraction of sp³-hybridized carbons (Fsp3) is 0.0588. The second kappa shape index (κ2) is 8.47. The zero-order valence-corrected chi connectivity index (χ0v) is 16.2. The molecule has 1 N–H and O–H groups in total. The van der Waals surface area contributed by atoms with E-state index in [1.807, 2.05) is 0 Å². The molecule has 0 aliphatic rings. The summed E-state index contributed by atoms with van der Waals surface area (Å²) in [5.41, 5.74) is 0.780. The maximum atomic E-state index is 12.0. The summed E-state index contributed by atoms with van der Waals surface area (Å²) in [4.78, 5) is 21.9. The highest BCUT2D eigenvalue weighted by Gasteiger charge is 2.12. The molecule has 8 nitrogen and oxygen atoms in total. The Morgan fingerprint density at radius 2 is 2.04 bits per heavy atom. The van der Waals surface area contributed by atoms with Gasteiger partial charge in [0.25, 0.3) is 0 Å². The van der Waals surface area contributed by atoms with E-state index in [2.05, 4.69) is 10.4 Å². The van der Waals surface area contributed by atoms with E-state index in [1.165, 1.54) is 22.9 Å². The molecule has 11 heteroatoms. The van der Waals surface area contributed by atoms with Crippen LogP contribution < -0.4 is 5.32 Å². The number of nitrogens with zero attached hydrogens (tertiary/aromatic N) is 3. The molecular formula is C17H11Cl3N4O4. The van der Waals surface area contributed by atoms with Gasteiger partial charge in [0, 0.05) is 22.3 Å². The quantitative estimate of drug-likeness (QED) is 0.328. The summed E-state index contributed by atoms with van der Waals surface area (Å²) in [6.07, 6.45) is 3.98. The molecule has 0 aliphatic carbocycles. The lowest BCUT2D eigenvalue weighted by Crippen LogP contribution is -2.09. The van der Waals surface area contributed by atoms with Crippen LogP contribution in [0.1, 0.15) is 11.3 Å². The SMILES string of the molecule is O=C(/C=C/c1ccc([N+](=O)[O-])o1)Nc1nn(Cc2ccc(Cl)cc2Cl)cc1Cl. The summed E-state index contributed by atoms with van der Waals surface area (Å²) in [5.74, 6) is -0.624. The number of carbonyl (C=O) groups is 1. The van der Waals surface area contributed by atoms with Crippen molar-refractivity contribution >= 4 is 58.5 Å². The van der Waals surface area contributed by atoms with Crippen molar-refractivity contribution in [3.8, 4) is 0 Å². The van der Waals surface area contributed by atoms with E-state index in [-0.39, 0.29) is 16.6 Å². The van der Waals surface area contributed by atoms with Gasteiger partial charge in [-0.3, -0.25) is 19.6 Å². The van der Waals surface area contributed by atoms with Gasteiger partial charge in [0.05, 0.1) is 12.6 Å². The van der Waals surface area contributed by atoms with Gasteiger partial charge < -0.3 is 9.73 Å². The largest absolute Gasteiger partial charge is 0.433 e. The fourth-order valence-corrected chi connectivity index (χ4v) is 2.90. The molecule has 0 unspecified atom stereocenters. The number of furan rings is 1. The van der Waals surface area contributed by atoms with Gasteiger partial charge in [-0.05, 0) is 29.8 Å². The highest BCUT2D eigenvalue weighted by Crippen LogP contribution is 2.24. The topological polar surface area (TPSA) is 103 Å². The van der Waals surface area contributed by atoms with Crippen molar-refractivity contribution in [2.24, 2.45) is 0 Å². The first-order valence-electron chi connectivity index (χ1n) is 7.72. The van der Waals surface area contributed by atoms with Crippen LogP contribution in [0, 0.1) is 10.1 Å². The predicted octanol–water partition coefficient (Wildman–Crippen LogP) is 5.04. The molecule has 28 heavy (non-hydrogen) atoms. The molecule has 0 spiro atoms. The minimum absolute atomic E-state index is 0.159. The van der Waals surface area contributed by atoms with Crippen molar-refractivity contribution in [2.45, 2.75) is 6.54 Å². The van der Waals surface area contributed by atoms with Crippen LogP contribution in [0.5, 0.6) is 0 Å². The van der Waals surface area contributed by atoms with E-state index < -0.39 is 16.7 Å². The molecule has 0 saturated carbocycles. The first-order valence-corrected chi connectivity index (χ1v) is 8.85. The van der Waals surface area contributed by atoms with Gasteiger partial charge in [-0.15, -0.1) is 0 Å². The lowest BCUT2D eigenvalue weighted by Gasteiger charge is -2.05. The predicted molar refractivity (Wildman–Crippen MR) is 106 cm³/mol. The summed E-state index contributed by atoms with van der Waals surface area (Å²) in [7, 11) is 0. The summed E-state index contributed by atoms with van der Waals surface area (Å²) < 4.78 is 6.45. The van der Waals surface area contributed by atoms with Crippen LogP contribution in [0.4, 0.5) is 11.7 Å². The van der Waals surface area contributed by atoms with Crippen LogP contribution in [0.2, 0.25) is 15.1 Å². The van der Waals surface area contributed by atoms with Gasteiger partial charge in [-0.1, -0.05) is 40.9 Å². The minimum Gasteiger partial charge on any atom is -0.401 e. The first-order chi connectivity index (χ1) is 13.3. The zero-order chi connectivity index (χ0) is 20.3. The van der Waals surface area contributed by atoms with E-state index in [0.717, 1.165) is 11.6 Å². The summed E-state index contributed by atoms with van der Waals surface area (Å²) in [5, 5.41) is 18.5. The Morgan fingerprint density at radius 3 is 2.71 bits per heavy atom. The molecule has 3 aromatic rings. The van der Waals surface area contributed by atoms with Crippen molar-refractivity contribution in [2.75, 3.05) is 5.32 Å². The smallest absolute Gasteiger partial charge is 0.401 e. The number of amides is 1. The van der Waals surface area contributed by atoms with Gasteiger partial charge in [0.1, 0.15) is 15.7 Å². The van der Waals surface area contributed by atoms with Gasteiger partial charge in [0.15, 0.2) is 5.82 Å². The molecule has 3 rings (SSSR count). The van der Waals surface area contributed by atoms with Gasteiger partial charge in [0.2, 0.25) is 5.91 Å².